The normalized spacial score (nSPS) is 16.5. The topological polar surface area (TPSA) is 22.6 Å². The van der Waals surface area contributed by atoms with Crippen LogP contribution in [0.5, 0.6) is 0 Å². The highest BCUT2D eigenvalue weighted by Crippen LogP contribution is 2.24. The highest BCUT2D eigenvalue weighted by atomic mass is 79.9. The van der Waals surface area contributed by atoms with Gasteiger partial charge in [0.15, 0.2) is 5.13 Å². The first kappa shape index (κ1) is 17.9. The molecule has 0 radical (unpaired) electrons. The van der Waals surface area contributed by atoms with Crippen molar-refractivity contribution in [2.75, 3.05) is 58.3 Å². The van der Waals surface area contributed by atoms with Crippen molar-refractivity contribution in [1.29, 1.82) is 0 Å². The minimum absolute atomic E-state index is 0. The molecule has 0 amide bonds. The Morgan fingerprint density at radius 2 is 1.95 bits per heavy atom. The molecule has 2 rings (SSSR count). The summed E-state index contributed by atoms with van der Waals surface area (Å²) in [5.74, 6) is 0. The van der Waals surface area contributed by atoms with Gasteiger partial charge >= 0.3 is 0 Å². The molecule has 0 bridgehead atoms. The van der Waals surface area contributed by atoms with E-state index in [0.29, 0.717) is 0 Å². The van der Waals surface area contributed by atoms with Crippen molar-refractivity contribution in [3.05, 3.63) is 11.1 Å². The highest BCUT2D eigenvalue weighted by Gasteiger charge is 2.18. The van der Waals surface area contributed by atoms with Crippen molar-refractivity contribution in [2.24, 2.45) is 0 Å². The maximum Gasteiger partial charge on any atom is 0.185 e. The van der Waals surface area contributed by atoms with E-state index in [-0.39, 0.29) is 17.0 Å². The standard InChI is InChI=1S/C14H26N4S.BrH/c1-4-6-17-8-10-18(11-9-17)14-15-12-13(19-14)5-7-16(2)3;/h12H,4-11H2,1-3H3;1H. The van der Waals surface area contributed by atoms with Crippen molar-refractivity contribution >= 4 is 33.4 Å². The third kappa shape index (κ3) is 5.31. The molecular weight excluding hydrogens is 336 g/mol. The molecule has 1 saturated heterocycles. The quantitative estimate of drug-likeness (QED) is 0.774. The minimum atomic E-state index is 0. The Morgan fingerprint density at radius 1 is 1.25 bits per heavy atom. The Bertz CT molecular complexity index is 375. The third-order valence-corrected chi connectivity index (χ3v) is 4.65. The Kier molecular flexibility index (Phi) is 8.02. The van der Waals surface area contributed by atoms with E-state index in [1.54, 1.807) is 0 Å². The van der Waals surface area contributed by atoms with E-state index in [0.717, 1.165) is 26.1 Å². The number of hydrogen-bond donors (Lipinski definition) is 0. The summed E-state index contributed by atoms with van der Waals surface area (Å²) < 4.78 is 0. The predicted molar refractivity (Wildman–Crippen MR) is 93.6 cm³/mol. The monoisotopic (exact) mass is 362 g/mol. The second kappa shape index (κ2) is 8.97. The number of thiazole rings is 1. The van der Waals surface area contributed by atoms with Gasteiger partial charge in [-0.1, -0.05) is 6.92 Å². The van der Waals surface area contributed by atoms with Crippen LogP contribution in [-0.2, 0) is 6.42 Å². The number of aromatic nitrogens is 1. The zero-order valence-corrected chi connectivity index (χ0v) is 15.4. The van der Waals surface area contributed by atoms with Gasteiger partial charge in [0.25, 0.3) is 0 Å². The van der Waals surface area contributed by atoms with E-state index in [9.17, 15) is 0 Å². The molecule has 1 aromatic rings. The van der Waals surface area contributed by atoms with Gasteiger partial charge in [0, 0.05) is 43.8 Å². The lowest BCUT2D eigenvalue weighted by atomic mass is 10.3. The van der Waals surface area contributed by atoms with Gasteiger partial charge in [0.05, 0.1) is 0 Å². The van der Waals surface area contributed by atoms with Crippen molar-refractivity contribution in [3.8, 4) is 0 Å². The van der Waals surface area contributed by atoms with Gasteiger partial charge < -0.3 is 9.80 Å². The summed E-state index contributed by atoms with van der Waals surface area (Å²) in [5, 5.41) is 1.21. The molecule has 0 spiro atoms. The second-order valence-electron chi connectivity index (χ2n) is 5.49. The second-order valence-corrected chi connectivity index (χ2v) is 6.58. The van der Waals surface area contributed by atoms with E-state index in [4.69, 9.17) is 0 Å². The number of nitrogens with zero attached hydrogens (tertiary/aromatic N) is 4. The summed E-state index contributed by atoms with van der Waals surface area (Å²) in [6.07, 6.45) is 4.42. The van der Waals surface area contributed by atoms with Gasteiger partial charge in [0.2, 0.25) is 0 Å². The van der Waals surface area contributed by atoms with Crippen LogP contribution >= 0.6 is 28.3 Å². The predicted octanol–water partition coefficient (Wildman–Crippen LogP) is 2.36. The molecule has 0 aliphatic carbocycles. The Morgan fingerprint density at radius 3 is 2.55 bits per heavy atom. The molecule has 2 heterocycles. The molecule has 20 heavy (non-hydrogen) atoms. The van der Waals surface area contributed by atoms with Crippen LogP contribution in [0, 0.1) is 0 Å². The summed E-state index contributed by atoms with van der Waals surface area (Å²) in [4.78, 5) is 13.2. The van der Waals surface area contributed by atoms with E-state index in [2.05, 4.69) is 46.9 Å². The SMILES string of the molecule is Br.CCCN1CCN(c2ncc(CCN(C)C)s2)CC1. The number of rotatable bonds is 6. The van der Waals surface area contributed by atoms with Crippen LogP contribution in [0.25, 0.3) is 0 Å². The van der Waals surface area contributed by atoms with Crippen LogP contribution in [0.2, 0.25) is 0 Å². The van der Waals surface area contributed by atoms with Crippen molar-refractivity contribution in [2.45, 2.75) is 19.8 Å². The Labute approximate surface area is 137 Å². The molecule has 0 N–H and O–H groups in total. The summed E-state index contributed by atoms with van der Waals surface area (Å²) in [6.45, 7) is 9.21. The highest BCUT2D eigenvalue weighted by molar-refractivity contribution is 8.93. The molecule has 0 saturated carbocycles. The molecule has 1 aliphatic rings. The van der Waals surface area contributed by atoms with Crippen LogP contribution < -0.4 is 4.90 Å². The lowest BCUT2D eigenvalue weighted by Gasteiger charge is -2.34. The Balaban J connectivity index is 0.00000200. The first-order valence-electron chi connectivity index (χ1n) is 7.25. The van der Waals surface area contributed by atoms with Gasteiger partial charge in [-0.15, -0.1) is 28.3 Å². The van der Waals surface area contributed by atoms with Crippen molar-refractivity contribution in [1.82, 2.24) is 14.8 Å². The van der Waals surface area contributed by atoms with Crippen molar-refractivity contribution in [3.63, 3.8) is 0 Å². The van der Waals surface area contributed by atoms with Crippen LogP contribution in [0.4, 0.5) is 5.13 Å². The molecule has 1 aromatic heterocycles. The van der Waals surface area contributed by atoms with Crippen LogP contribution in [0.3, 0.4) is 0 Å². The van der Waals surface area contributed by atoms with Crippen molar-refractivity contribution < 1.29 is 0 Å². The number of hydrogen-bond acceptors (Lipinski definition) is 5. The lowest BCUT2D eigenvalue weighted by molar-refractivity contribution is 0.258. The molecule has 6 heteroatoms. The first-order chi connectivity index (χ1) is 9.19. The summed E-state index contributed by atoms with van der Waals surface area (Å²) in [5.41, 5.74) is 0. The number of likely N-dealkylation sites (N-methyl/N-ethyl adjacent to an activating group) is 1. The van der Waals surface area contributed by atoms with E-state index in [1.807, 2.05) is 11.3 Å². The van der Waals surface area contributed by atoms with Gasteiger partial charge in [-0.05, 0) is 33.5 Å². The van der Waals surface area contributed by atoms with Gasteiger partial charge in [-0.2, -0.15) is 0 Å². The summed E-state index contributed by atoms with van der Waals surface area (Å²) in [7, 11) is 4.24. The molecule has 4 nitrogen and oxygen atoms in total. The Hall–Kier alpha value is -0.170. The smallest absolute Gasteiger partial charge is 0.185 e. The molecule has 1 fully saturated rings. The van der Waals surface area contributed by atoms with E-state index in [1.165, 1.54) is 36.1 Å². The molecule has 1 aliphatic heterocycles. The van der Waals surface area contributed by atoms with E-state index >= 15 is 0 Å². The van der Waals surface area contributed by atoms with Gasteiger partial charge in [0.1, 0.15) is 0 Å². The first-order valence-corrected chi connectivity index (χ1v) is 8.07. The zero-order valence-electron chi connectivity index (χ0n) is 12.8. The summed E-state index contributed by atoms with van der Waals surface area (Å²) in [6, 6.07) is 0. The fraction of sp³-hybridized carbons (Fsp3) is 0.786. The van der Waals surface area contributed by atoms with Crippen LogP contribution in [-0.4, -0.2) is 68.1 Å². The fourth-order valence-electron chi connectivity index (χ4n) is 2.37. The maximum absolute atomic E-state index is 4.60. The molecule has 116 valence electrons. The molecule has 0 unspecified atom stereocenters. The number of piperazine rings is 1. The molecule has 0 atom stereocenters. The van der Waals surface area contributed by atoms with Crippen LogP contribution in [0.15, 0.2) is 6.20 Å². The average molecular weight is 363 g/mol. The number of anilines is 1. The number of halogens is 1. The average Bonchev–Trinajstić information content (AvgIpc) is 2.86. The maximum atomic E-state index is 4.60. The third-order valence-electron chi connectivity index (χ3n) is 3.53. The summed E-state index contributed by atoms with van der Waals surface area (Å²) >= 11 is 1.87. The lowest BCUT2D eigenvalue weighted by Crippen LogP contribution is -2.46. The fourth-order valence-corrected chi connectivity index (χ4v) is 3.32. The largest absolute Gasteiger partial charge is 0.346 e. The van der Waals surface area contributed by atoms with Gasteiger partial charge in [-0.3, -0.25) is 4.90 Å². The molecular formula is C14H27BrN4S. The van der Waals surface area contributed by atoms with Crippen LogP contribution in [0.1, 0.15) is 18.2 Å². The van der Waals surface area contributed by atoms with E-state index < -0.39 is 0 Å². The zero-order chi connectivity index (χ0) is 13.7. The minimum Gasteiger partial charge on any atom is -0.346 e. The van der Waals surface area contributed by atoms with Gasteiger partial charge in [-0.25, -0.2) is 4.98 Å². The molecule has 0 aromatic carbocycles.